The van der Waals surface area contributed by atoms with Crippen molar-refractivity contribution in [2.75, 3.05) is 7.11 Å². The number of ether oxygens (including phenoxy) is 1. The van der Waals surface area contributed by atoms with Gasteiger partial charge >= 0.3 is 0 Å². The zero-order valence-electron chi connectivity index (χ0n) is 9.85. The van der Waals surface area contributed by atoms with Gasteiger partial charge in [-0.3, -0.25) is 0 Å². The number of halogens is 1. The molecule has 2 nitrogen and oxygen atoms in total. The van der Waals surface area contributed by atoms with Crippen molar-refractivity contribution in [3.8, 4) is 5.75 Å². The van der Waals surface area contributed by atoms with Gasteiger partial charge in [-0.25, -0.2) is 4.39 Å². The number of hydrogen-bond acceptors (Lipinski definition) is 2. The van der Waals surface area contributed by atoms with Crippen molar-refractivity contribution >= 4 is 0 Å². The zero-order valence-corrected chi connectivity index (χ0v) is 9.85. The number of aryl methyl sites for hydroxylation is 1. The first kappa shape index (κ1) is 11.4. The highest BCUT2D eigenvalue weighted by atomic mass is 19.1. The van der Waals surface area contributed by atoms with E-state index in [1.54, 1.807) is 20.1 Å². The number of hydrogen-bond donors (Lipinski definition) is 1. The molecule has 0 unspecified atom stereocenters. The topological polar surface area (TPSA) is 35.2 Å². The Labute approximate surface area is 95.6 Å². The summed E-state index contributed by atoms with van der Waals surface area (Å²) >= 11 is 0. The maximum atomic E-state index is 13.9. The SMILES string of the molecule is COc1ccc(C)c(F)c1CCC1(N)CC1. The van der Waals surface area contributed by atoms with Gasteiger partial charge in [-0.15, -0.1) is 0 Å². The summed E-state index contributed by atoms with van der Waals surface area (Å²) in [6.45, 7) is 1.77. The molecule has 0 amide bonds. The van der Waals surface area contributed by atoms with Crippen LogP contribution >= 0.6 is 0 Å². The third-order valence-electron chi connectivity index (χ3n) is 3.38. The number of rotatable bonds is 4. The Morgan fingerprint density at radius 2 is 2.12 bits per heavy atom. The van der Waals surface area contributed by atoms with Crippen LogP contribution in [0.2, 0.25) is 0 Å². The van der Waals surface area contributed by atoms with Crippen molar-refractivity contribution in [1.82, 2.24) is 0 Å². The van der Waals surface area contributed by atoms with Gasteiger partial charge in [0.15, 0.2) is 0 Å². The molecule has 0 aromatic heterocycles. The molecular formula is C13H18FNO. The van der Waals surface area contributed by atoms with E-state index in [0.29, 0.717) is 23.3 Å². The van der Waals surface area contributed by atoms with Crippen LogP contribution in [0.3, 0.4) is 0 Å². The summed E-state index contributed by atoms with van der Waals surface area (Å²) in [6, 6.07) is 3.57. The first-order chi connectivity index (χ1) is 7.56. The molecule has 2 N–H and O–H groups in total. The van der Waals surface area contributed by atoms with Gasteiger partial charge in [-0.05, 0) is 44.2 Å². The molecule has 88 valence electrons. The lowest BCUT2D eigenvalue weighted by atomic mass is 10.0. The van der Waals surface area contributed by atoms with Gasteiger partial charge in [-0.2, -0.15) is 0 Å². The summed E-state index contributed by atoms with van der Waals surface area (Å²) in [7, 11) is 1.57. The molecule has 1 aromatic rings. The Hall–Kier alpha value is -1.09. The van der Waals surface area contributed by atoms with Crippen molar-refractivity contribution in [1.29, 1.82) is 0 Å². The molecule has 0 atom stereocenters. The second-order valence-electron chi connectivity index (χ2n) is 4.74. The van der Waals surface area contributed by atoms with Crippen LogP contribution in [0, 0.1) is 12.7 Å². The van der Waals surface area contributed by atoms with Gasteiger partial charge in [0.05, 0.1) is 7.11 Å². The Balaban J connectivity index is 2.19. The van der Waals surface area contributed by atoms with E-state index in [1.807, 2.05) is 6.07 Å². The van der Waals surface area contributed by atoms with Crippen molar-refractivity contribution in [3.63, 3.8) is 0 Å². The number of nitrogens with two attached hydrogens (primary N) is 1. The van der Waals surface area contributed by atoms with E-state index in [4.69, 9.17) is 10.5 Å². The summed E-state index contributed by atoms with van der Waals surface area (Å²) in [4.78, 5) is 0. The fourth-order valence-corrected chi connectivity index (χ4v) is 1.93. The lowest BCUT2D eigenvalue weighted by Gasteiger charge is -2.13. The molecule has 0 aliphatic heterocycles. The van der Waals surface area contributed by atoms with E-state index in [0.717, 1.165) is 19.3 Å². The van der Waals surface area contributed by atoms with Crippen molar-refractivity contribution in [2.24, 2.45) is 5.73 Å². The summed E-state index contributed by atoms with van der Waals surface area (Å²) in [5.41, 5.74) is 7.30. The smallest absolute Gasteiger partial charge is 0.132 e. The maximum absolute atomic E-state index is 13.9. The van der Waals surface area contributed by atoms with Gasteiger partial charge in [0, 0.05) is 11.1 Å². The second-order valence-corrected chi connectivity index (χ2v) is 4.74. The molecule has 1 saturated carbocycles. The highest BCUT2D eigenvalue weighted by Crippen LogP contribution is 2.38. The average molecular weight is 223 g/mol. The molecule has 3 heteroatoms. The summed E-state index contributed by atoms with van der Waals surface area (Å²) in [6.07, 6.45) is 3.61. The summed E-state index contributed by atoms with van der Waals surface area (Å²) in [5.74, 6) is 0.482. The molecule has 0 heterocycles. The van der Waals surface area contributed by atoms with Crippen LogP contribution in [0.5, 0.6) is 5.75 Å². The van der Waals surface area contributed by atoms with Crippen molar-refractivity contribution < 1.29 is 9.13 Å². The number of benzene rings is 1. The maximum Gasteiger partial charge on any atom is 0.132 e. The zero-order chi connectivity index (χ0) is 11.8. The summed E-state index contributed by atoms with van der Waals surface area (Å²) < 4.78 is 19.1. The van der Waals surface area contributed by atoms with Crippen LogP contribution in [-0.2, 0) is 6.42 Å². The Kier molecular flexibility index (Phi) is 2.89. The molecular weight excluding hydrogens is 205 g/mol. The molecule has 1 aliphatic carbocycles. The predicted molar refractivity (Wildman–Crippen MR) is 62.2 cm³/mol. The highest BCUT2D eigenvalue weighted by Gasteiger charge is 2.37. The Morgan fingerprint density at radius 1 is 1.44 bits per heavy atom. The van der Waals surface area contributed by atoms with Crippen LogP contribution in [0.4, 0.5) is 4.39 Å². The molecule has 16 heavy (non-hydrogen) atoms. The Morgan fingerprint density at radius 3 is 2.69 bits per heavy atom. The largest absolute Gasteiger partial charge is 0.496 e. The van der Waals surface area contributed by atoms with E-state index in [-0.39, 0.29) is 11.4 Å². The van der Waals surface area contributed by atoms with Crippen LogP contribution in [0.1, 0.15) is 30.4 Å². The minimum Gasteiger partial charge on any atom is -0.496 e. The first-order valence-electron chi connectivity index (χ1n) is 5.66. The Bertz CT molecular complexity index is 399. The van der Waals surface area contributed by atoms with Crippen molar-refractivity contribution in [2.45, 2.75) is 38.1 Å². The summed E-state index contributed by atoms with van der Waals surface area (Å²) in [5, 5.41) is 0. The average Bonchev–Trinajstić information content (AvgIpc) is 2.99. The van der Waals surface area contributed by atoms with E-state index in [9.17, 15) is 4.39 Å². The highest BCUT2D eigenvalue weighted by molar-refractivity contribution is 5.38. The standard InChI is InChI=1S/C13H18FNO/c1-9-3-4-11(16-2)10(12(9)14)5-6-13(15)7-8-13/h3-4H,5-8,15H2,1-2H3. The molecule has 1 aromatic carbocycles. The monoisotopic (exact) mass is 223 g/mol. The van der Waals surface area contributed by atoms with E-state index >= 15 is 0 Å². The third-order valence-corrected chi connectivity index (χ3v) is 3.38. The van der Waals surface area contributed by atoms with Gasteiger partial charge in [0.25, 0.3) is 0 Å². The minimum absolute atomic E-state index is 0.0405. The van der Waals surface area contributed by atoms with E-state index in [1.165, 1.54) is 0 Å². The van der Waals surface area contributed by atoms with Crippen molar-refractivity contribution in [3.05, 3.63) is 29.1 Å². The van der Waals surface area contributed by atoms with Crippen LogP contribution in [0.15, 0.2) is 12.1 Å². The molecule has 2 rings (SSSR count). The lowest BCUT2D eigenvalue weighted by Crippen LogP contribution is -2.22. The van der Waals surface area contributed by atoms with Crippen LogP contribution < -0.4 is 10.5 Å². The van der Waals surface area contributed by atoms with Gasteiger partial charge < -0.3 is 10.5 Å². The molecule has 0 spiro atoms. The van der Waals surface area contributed by atoms with Gasteiger partial charge in [0.2, 0.25) is 0 Å². The lowest BCUT2D eigenvalue weighted by molar-refractivity contribution is 0.401. The van der Waals surface area contributed by atoms with E-state index < -0.39 is 0 Å². The molecule has 0 radical (unpaired) electrons. The molecule has 0 saturated heterocycles. The fourth-order valence-electron chi connectivity index (χ4n) is 1.93. The van der Waals surface area contributed by atoms with Crippen LogP contribution in [-0.4, -0.2) is 12.6 Å². The first-order valence-corrected chi connectivity index (χ1v) is 5.66. The molecule has 1 aliphatic rings. The van der Waals surface area contributed by atoms with Gasteiger partial charge in [0.1, 0.15) is 11.6 Å². The van der Waals surface area contributed by atoms with E-state index in [2.05, 4.69) is 0 Å². The second kappa shape index (κ2) is 4.06. The quantitative estimate of drug-likeness (QED) is 0.851. The fraction of sp³-hybridized carbons (Fsp3) is 0.538. The number of methoxy groups -OCH3 is 1. The molecule has 1 fully saturated rings. The minimum atomic E-state index is -0.149. The molecule has 0 bridgehead atoms. The third kappa shape index (κ3) is 2.19. The van der Waals surface area contributed by atoms with Gasteiger partial charge in [-0.1, -0.05) is 6.07 Å². The van der Waals surface area contributed by atoms with Crippen LogP contribution in [0.25, 0.3) is 0 Å². The normalized spacial score (nSPS) is 17.2. The predicted octanol–water partition coefficient (Wildman–Crippen LogP) is 2.57.